The van der Waals surface area contributed by atoms with Gasteiger partial charge in [-0.2, -0.15) is 0 Å². The fraction of sp³-hybridized carbons (Fsp3) is 0.800. The Balaban J connectivity index is 1.99. The van der Waals surface area contributed by atoms with E-state index in [0.717, 1.165) is 6.54 Å². The molecule has 0 radical (unpaired) electrons. The molecule has 0 bridgehead atoms. The molecule has 1 saturated carbocycles. The largest absolute Gasteiger partial charge is 0.316 e. The maximum Gasteiger partial charge on any atom is 0.0934 e. The van der Waals surface area contributed by atoms with Crippen LogP contribution in [0.4, 0.5) is 0 Å². The van der Waals surface area contributed by atoms with Crippen LogP contribution in [0.1, 0.15) is 56.2 Å². The van der Waals surface area contributed by atoms with Gasteiger partial charge in [0.05, 0.1) is 5.01 Å². The van der Waals surface area contributed by atoms with Crippen LogP contribution in [0.15, 0.2) is 5.38 Å². The third kappa shape index (κ3) is 3.79. The maximum absolute atomic E-state index is 4.67. The summed E-state index contributed by atoms with van der Waals surface area (Å²) in [7, 11) is 0. The molecule has 3 heteroatoms. The average molecular weight is 266 g/mol. The Morgan fingerprint density at radius 2 is 2.11 bits per heavy atom. The molecule has 2 rings (SSSR count). The Labute approximate surface area is 115 Å². The molecule has 0 aliphatic heterocycles. The van der Waals surface area contributed by atoms with Crippen molar-refractivity contribution in [3.05, 3.63) is 16.1 Å². The van der Waals surface area contributed by atoms with Crippen LogP contribution >= 0.6 is 11.3 Å². The standard InChI is InChI=1S/C15H26N2S/c1-3-9-16-12-15(7-5-4-6-8-15)10-14-17-13(2)11-18-14/h11,16H,3-10,12H2,1-2H3. The summed E-state index contributed by atoms with van der Waals surface area (Å²) in [6, 6.07) is 0. The van der Waals surface area contributed by atoms with Crippen molar-refractivity contribution in [2.24, 2.45) is 5.41 Å². The molecule has 1 aromatic heterocycles. The van der Waals surface area contributed by atoms with Gasteiger partial charge in [-0.05, 0) is 38.1 Å². The van der Waals surface area contributed by atoms with Crippen LogP contribution in [-0.2, 0) is 6.42 Å². The van der Waals surface area contributed by atoms with E-state index in [2.05, 4.69) is 29.5 Å². The van der Waals surface area contributed by atoms with E-state index in [1.165, 1.54) is 62.2 Å². The summed E-state index contributed by atoms with van der Waals surface area (Å²) < 4.78 is 0. The molecule has 1 aliphatic carbocycles. The SMILES string of the molecule is CCCNCC1(Cc2nc(C)cs2)CCCCC1. The first-order valence-electron chi connectivity index (χ1n) is 7.36. The van der Waals surface area contributed by atoms with Crippen LogP contribution in [0, 0.1) is 12.3 Å². The number of hydrogen-bond donors (Lipinski definition) is 1. The third-order valence-corrected chi connectivity index (χ3v) is 5.00. The first kappa shape index (κ1) is 14.0. The van der Waals surface area contributed by atoms with Gasteiger partial charge in [0.15, 0.2) is 0 Å². The second kappa shape index (κ2) is 6.67. The Bertz CT molecular complexity index is 353. The summed E-state index contributed by atoms with van der Waals surface area (Å²) in [4.78, 5) is 4.67. The number of rotatable bonds is 6. The fourth-order valence-corrected chi connectivity index (χ4v) is 4.00. The molecule has 0 spiro atoms. The van der Waals surface area contributed by atoms with Gasteiger partial charge in [-0.1, -0.05) is 26.2 Å². The van der Waals surface area contributed by atoms with Gasteiger partial charge in [-0.3, -0.25) is 0 Å². The van der Waals surface area contributed by atoms with Crippen LogP contribution in [0.25, 0.3) is 0 Å². The Morgan fingerprint density at radius 1 is 1.33 bits per heavy atom. The highest BCUT2D eigenvalue weighted by Crippen LogP contribution is 2.39. The first-order chi connectivity index (χ1) is 8.74. The molecule has 0 saturated heterocycles. The van der Waals surface area contributed by atoms with E-state index in [9.17, 15) is 0 Å². The molecule has 1 fully saturated rings. The second-order valence-corrected chi connectivity index (χ2v) is 6.74. The molecule has 102 valence electrons. The van der Waals surface area contributed by atoms with E-state index >= 15 is 0 Å². The summed E-state index contributed by atoms with van der Waals surface area (Å²) in [5, 5.41) is 7.18. The molecule has 1 N–H and O–H groups in total. The van der Waals surface area contributed by atoms with Crippen molar-refractivity contribution in [1.29, 1.82) is 0 Å². The molecule has 0 atom stereocenters. The number of nitrogens with one attached hydrogen (secondary N) is 1. The average Bonchev–Trinajstić information content (AvgIpc) is 2.76. The minimum Gasteiger partial charge on any atom is -0.316 e. The fourth-order valence-electron chi connectivity index (χ4n) is 3.05. The van der Waals surface area contributed by atoms with E-state index in [-0.39, 0.29) is 0 Å². The predicted molar refractivity (Wildman–Crippen MR) is 79.2 cm³/mol. The van der Waals surface area contributed by atoms with Crippen LogP contribution in [0.5, 0.6) is 0 Å². The van der Waals surface area contributed by atoms with Crippen LogP contribution in [-0.4, -0.2) is 18.1 Å². The molecule has 1 aliphatic rings. The van der Waals surface area contributed by atoms with Gasteiger partial charge in [0, 0.05) is 24.0 Å². The molecule has 2 nitrogen and oxygen atoms in total. The molecule has 1 aromatic rings. The minimum atomic E-state index is 0.484. The van der Waals surface area contributed by atoms with Crippen LogP contribution in [0.3, 0.4) is 0 Å². The third-order valence-electron chi connectivity index (χ3n) is 4.03. The first-order valence-corrected chi connectivity index (χ1v) is 8.24. The summed E-state index contributed by atoms with van der Waals surface area (Å²) in [6.07, 6.45) is 9.39. The maximum atomic E-state index is 4.67. The zero-order valence-corrected chi connectivity index (χ0v) is 12.6. The molecular formula is C15H26N2S. The van der Waals surface area contributed by atoms with Crippen molar-refractivity contribution in [2.45, 2.75) is 58.8 Å². The van der Waals surface area contributed by atoms with Crippen molar-refractivity contribution in [3.8, 4) is 0 Å². The van der Waals surface area contributed by atoms with Crippen LogP contribution < -0.4 is 5.32 Å². The second-order valence-electron chi connectivity index (χ2n) is 5.80. The van der Waals surface area contributed by atoms with Gasteiger partial charge >= 0.3 is 0 Å². The van der Waals surface area contributed by atoms with Gasteiger partial charge in [-0.25, -0.2) is 4.98 Å². The van der Waals surface area contributed by atoms with E-state index in [1.54, 1.807) is 0 Å². The van der Waals surface area contributed by atoms with Crippen molar-refractivity contribution in [1.82, 2.24) is 10.3 Å². The van der Waals surface area contributed by atoms with Gasteiger partial charge in [0.25, 0.3) is 0 Å². The number of aryl methyl sites for hydroxylation is 1. The van der Waals surface area contributed by atoms with Gasteiger partial charge < -0.3 is 5.32 Å². The molecule has 1 heterocycles. The van der Waals surface area contributed by atoms with E-state index < -0.39 is 0 Å². The molecule has 0 unspecified atom stereocenters. The quantitative estimate of drug-likeness (QED) is 0.789. The Kier molecular flexibility index (Phi) is 5.19. The Morgan fingerprint density at radius 3 is 2.72 bits per heavy atom. The highest BCUT2D eigenvalue weighted by Gasteiger charge is 2.32. The van der Waals surface area contributed by atoms with E-state index in [0.29, 0.717) is 5.41 Å². The monoisotopic (exact) mass is 266 g/mol. The lowest BCUT2D eigenvalue weighted by Gasteiger charge is -2.37. The smallest absolute Gasteiger partial charge is 0.0934 e. The van der Waals surface area contributed by atoms with Gasteiger partial charge in [0.1, 0.15) is 0 Å². The number of hydrogen-bond acceptors (Lipinski definition) is 3. The Hall–Kier alpha value is -0.410. The summed E-state index contributed by atoms with van der Waals surface area (Å²) >= 11 is 1.84. The van der Waals surface area contributed by atoms with Gasteiger partial charge in [-0.15, -0.1) is 11.3 Å². The zero-order chi connectivity index (χ0) is 12.8. The van der Waals surface area contributed by atoms with E-state index in [4.69, 9.17) is 0 Å². The van der Waals surface area contributed by atoms with Crippen LogP contribution in [0.2, 0.25) is 0 Å². The normalized spacial score (nSPS) is 19.0. The summed E-state index contributed by atoms with van der Waals surface area (Å²) in [5.41, 5.74) is 1.67. The molecule has 18 heavy (non-hydrogen) atoms. The van der Waals surface area contributed by atoms with Crippen molar-refractivity contribution in [2.75, 3.05) is 13.1 Å². The molecule has 0 aromatic carbocycles. The van der Waals surface area contributed by atoms with Crippen molar-refractivity contribution < 1.29 is 0 Å². The topological polar surface area (TPSA) is 24.9 Å². The highest BCUT2D eigenvalue weighted by molar-refractivity contribution is 7.09. The van der Waals surface area contributed by atoms with Gasteiger partial charge in [0.2, 0.25) is 0 Å². The summed E-state index contributed by atoms with van der Waals surface area (Å²) in [5.74, 6) is 0. The number of aromatic nitrogens is 1. The van der Waals surface area contributed by atoms with Crippen molar-refractivity contribution in [3.63, 3.8) is 0 Å². The highest BCUT2D eigenvalue weighted by atomic mass is 32.1. The minimum absolute atomic E-state index is 0.484. The number of nitrogens with zero attached hydrogens (tertiary/aromatic N) is 1. The summed E-state index contributed by atoms with van der Waals surface area (Å²) in [6.45, 7) is 6.67. The lowest BCUT2D eigenvalue weighted by atomic mass is 9.72. The number of thiazole rings is 1. The molecular weight excluding hydrogens is 240 g/mol. The lowest BCUT2D eigenvalue weighted by Crippen LogP contribution is -2.38. The predicted octanol–water partition coefficient (Wildman–Crippen LogP) is 3.94. The van der Waals surface area contributed by atoms with E-state index in [1.807, 2.05) is 11.3 Å². The molecule has 0 amide bonds. The lowest BCUT2D eigenvalue weighted by molar-refractivity contribution is 0.181. The zero-order valence-electron chi connectivity index (χ0n) is 11.8. The van der Waals surface area contributed by atoms with Crippen molar-refractivity contribution >= 4 is 11.3 Å².